The van der Waals surface area contributed by atoms with Gasteiger partial charge in [-0.3, -0.25) is 19.0 Å². The fourth-order valence-electron chi connectivity index (χ4n) is 2.29. The monoisotopic (exact) mass is 331 g/mol. The number of fused-ring (bicyclic) bond motifs is 1. The lowest BCUT2D eigenvalue weighted by Crippen LogP contribution is -2.18. The van der Waals surface area contributed by atoms with Crippen LogP contribution in [0.5, 0.6) is 0 Å². The van der Waals surface area contributed by atoms with E-state index in [0.29, 0.717) is 10.2 Å². The Balaban J connectivity index is 2.08. The molecule has 23 heavy (non-hydrogen) atoms. The van der Waals surface area contributed by atoms with Crippen LogP contribution < -0.4 is 4.87 Å². The number of thiazole rings is 1. The molecule has 3 aromatic rings. The number of hydrogen-bond donors (Lipinski definition) is 1. The Labute approximate surface area is 133 Å². The molecule has 116 valence electrons. The number of carbonyl (C=O) groups excluding carboxylic acids is 1. The molecule has 0 amide bonds. The predicted octanol–water partition coefficient (Wildman–Crippen LogP) is 2.52. The van der Waals surface area contributed by atoms with Gasteiger partial charge in [-0.1, -0.05) is 23.5 Å². The number of hydrogen-bond acceptors (Lipinski definition) is 4. The third kappa shape index (κ3) is 2.78. The maximum Gasteiger partial charge on any atom is 0.323 e. The van der Waals surface area contributed by atoms with Crippen LogP contribution in [0.25, 0.3) is 10.2 Å². The van der Waals surface area contributed by atoms with Gasteiger partial charge >= 0.3 is 10.8 Å². The first-order chi connectivity index (χ1) is 11.0. The average molecular weight is 331 g/mol. The normalized spacial score (nSPS) is 10.8. The summed E-state index contributed by atoms with van der Waals surface area (Å²) < 4.78 is 15.3. The minimum atomic E-state index is -1.13. The van der Waals surface area contributed by atoms with Crippen LogP contribution in [0.3, 0.4) is 0 Å². The number of aliphatic carboxylic acids is 1. The van der Waals surface area contributed by atoms with E-state index in [1.807, 2.05) is 0 Å². The SMILES string of the molecule is O=C(O)Cn1c(=O)sc2cc(C(=O)c3ccccc3F)ccc21. The van der Waals surface area contributed by atoms with E-state index < -0.39 is 29.0 Å². The number of carboxylic acid groups (broad SMARTS) is 1. The first kappa shape index (κ1) is 15.1. The molecule has 0 bridgehead atoms. The van der Waals surface area contributed by atoms with Crippen LogP contribution in [0.2, 0.25) is 0 Å². The third-order valence-corrected chi connectivity index (χ3v) is 4.28. The lowest BCUT2D eigenvalue weighted by molar-refractivity contribution is -0.137. The van der Waals surface area contributed by atoms with E-state index in [2.05, 4.69) is 0 Å². The quantitative estimate of drug-likeness (QED) is 0.745. The molecule has 0 saturated carbocycles. The molecule has 0 unspecified atom stereocenters. The van der Waals surface area contributed by atoms with Crippen LogP contribution in [0.4, 0.5) is 4.39 Å². The van der Waals surface area contributed by atoms with Crippen molar-refractivity contribution in [2.45, 2.75) is 6.54 Å². The molecule has 0 fully saturated rings. The van der Waals surface area contributed by atoms with Gasteiger partial charge in [-0.05, 0) is 30.3 Å². The number of rotatable bonds is 4. The lowest BCUT2D eigenvalue weighted by Gasteiger charge is -2.04. The number of carboxylic acids is 1. The molecule has 0 aliphatic rings. The standard InChI is InChI=1S/C16H10FNO4S/c17-11-4-2-1-3-10(11)15(21)9-5-6-12-13(7-9)23-16(22)18(12)8-14(19)20/h1-7H,8H2,(H,19,20). The van der Waals surface area contributed by atoms with Gasteiger partial charge < -0.3 is 5.11 Å². The van der Waals surface area contributed by atoms with Crippen LogP contribution in [-0.2, 0) is 11.3 Å². The van der Waals surface area contributed by atoms with Crippen LogP contribution in [0.15, 0.2) is 47.3 Å². The van der Waals surface area contributed by atoms with Crippen molar-refractivity contribution >= 4 is 33.3 Å². The topological polar surface area (TPSA) is 76.4 Å². The van der Waals surface area contributed by atoms with E-state index in [0.717, 1.165) is 15.9 Å². The summed E-state index contributed by atoms with van der Waals surface area (Å²) in [5.41, 5.74) is 0.628. The molecule has 0 spiro atoms. The van der Waals surface area contributed by atoms with Crippen molar-refractivity contribution in [2.75, 3.05) is 0 Å². The van der Waals surface area contributed by atoms with Crippen LogP contribution in [-0.4, -0.2) is 21.4 Å². The summed E-state index contributed by atoms with van der Waals surface area (Å²) in [6.45, 7) is -0.445. The number of carbonyl (C=O) groups is 2. The molecule has 0 aliphatic heterocycles. The highest BCUT2D eigenvalue weighted by Crippen LogP contribution is 2.21. The fourth-order valence-corrected chi connectivity index (χ4v) is 3.22. The molecule has 0 atom stereocenters. The second-order valence-electron chi connectivity index (χ2n) is 4.84. The fraction of sp³-hybridized carbons (Fsp3) is 0.0625. The van der Waals surface area contributed by atoms with Gasteiger partial charge in [-0.25, -0.2) is 4.39 Å². The molecule has 1 N–H and O–H groups in total. The van der Waals surface area contributed by atoms with Crippen molar-refractivity contribution < 1.29 is 19.1 Å². The van der Waals surface area contributed by atoms with Crippen molar-refractivity contribution in [2.24, 2.45) is 0 Å². The summed E-state index contributed by atoms with van der Waals surface area (Å²) >= 11 is 0.850. The molecule has 2 aromatic carbocycles. The molecule has 0 saturated heterocycles. The predicted molar refractivity (Wildman–Crippen MR) is 83.6 cm³/mol. The molecule has 1 aromatic heterocycles. The Hall–Kier alpha value is -2.80. The summed E-state index contributed by atoms with van der Waals surface area (Å²) in [7, 11) is 0. The van der Waals surface area contributed by atoms with Gasteiger partial charge in [-0.15, -0.1) is 0 Å². The van der Waals surface area contributed by atoms with Gasteiger partial charge in [0.2, 0.25) is 0 Å². The van der Waals surface area contributed by atoms with Gasteiger partial charge in [0.1, 0.15) is 12.4 Å². The highest BCUT2D eigenvalue weighted by atomic mass is 32.1. The summed E-state index contributed by atoms with van der Waals surface area (Å²) in [5.74, 6) is -2.23. The maximum absolute atomic E-state index is 13.7. The second kappa shape index (κ2) is 5.77. The van der Waals surface area contributed by atoms with E-state index in [9.17, 15) is 18.8 Å². The summed E-state index contributed by atoms with van der Waals surface area (Å²) in [6, 6.07) is 10.1. The van der Waals surface area contributed by atoms with E-state index in [1.165, 1.54) is 36.4 Å². The van der Waals surface area contributed by atoms with Gasteiger partial charge in [-0.2, -0.15) is 0 Å². The minimum absolute atomic E-state index is 0.0517. The number of aromatic nitrogens is 1. The number of ketones is 1. The van der Waals surface area contributed by atoms with E-state index in [1.54, 1.807) is 6.07 Å². The zero-order chi connectivity index (χ0) is 16.6. The van der Waals surface area contributed by atoms with E-state index in [4.69, 9.17) is 5.11 Å². The minimum Gasteiger partial charge on any atom is -0.480 e. The molecule has 7 heteroatoms. The average Bonchev–Trinajstić information content (AvgIpc) is 2.82. The summed E-state index contributed by atoms with van der Waals surface area (Å²) in [6.07, 6.45) is 0. The first-order valence-corrected chi connectivity index (χ1v) is 7.43. The second-order valence-corrected chi connectivity index (χ2v) is 5.83. The summed E-state index contributed by atoms with van der Waals surface area (Å²) in [5, 5.41) is 8.84. The van der Waals surface area contributed by atoms with Crippen molar-refractivity contribution in [1.82, 2.24) is 4.57 Å². The van der Waals surface area contributed by atoms with Gasteiger partial charge in [0.05, 0.1) is 15.8 Å². The zero-order valence-electron chi connectivity index (χ0n) is 11.7. The zero-order valence-corrected chi connectivity index (χ0v) is 12.5. The van der Waals surface area contributed by atoms with Gasteiger partial charge in [0.15, 0.2) is 5.78 Å². The Morgan fingerprint density at radius 3 is 2.61 bits per heavy atom. The van der Waals surface area contributed by atoms with Crippen molar-refractivity contribution in [3.63, 3.8) is 0 Å². The Kier molecular flexibility index (Phi) is 3.79. The molecule has 0 radical (unpaired) electrons. The third-order valence-electron chi connectivity index (χ3n) is 3.34. The van der Waals surface area contributed by atoms with Crippen molar-refractivity contribution in [1.29, 1.82) is 0 Å². The van der Waals surface area contributed by atoms with Gasteiger partial charge in [0.25, 0.3) is 0 Å². The van der Waals surface area contributed by atoms with Crippen molar-refractivity contribution in [3.8, 4) is 0 Å². The lowest BCUT2D eigenvalue weighted by atomic mass is 10.0. The number of benzene rings is 2. The smallest absolute Gasteiger partial charge is 0.323 e. The number of nitrogens with zero attached hydrogens (tertiary/aromatic N) is 1. The highest BCUT2D eigenvalue weighted by Gasteiger charge is 2.16. The van der Waals surface area contributed by atoms with Gasteiger partial charge in [0, 0.05) is 5.56 Å². The Bertz CT molecular complexity index is 989. The molecule has 0 aliphatic carbocycles. The van der Waals surface area contributed by atoms with Crippen LogP contribution in [0.1, 0.15) is 15.9 Å². The van der Waals surface area contributed by atoms with E-state index >= 15 is 0 Å². The molecule has 3 rings (SSSR count). The first-order valence-electron chi connectivity index (χ1n) is 6.62. The molecule has 5 nitrogen and oxygen atoms in total. The van der Waals surface area contributed by atoms with Crippen LogP contribution in [0, 0.1) is 5.82 Å². The molecule has 1 heterocycles. The largest absolute Gasteiger partial charge is 0.480 e. The van der Waals surface area contributed by atoms with Crippen LogP contribution >= 0.6 is 11.3 Å². The summed E-state index contributed by atoms with van der Waals surface area (Å²) in [4.78, 5) is 34.6. The van der Waals surface area contributed by atoms with E-state index in [-0.39, 0.29) is 11.1 Å². The number of halogens is 1. The maximum atomic E-state index is 13.7. The Morgan fingerprint density at radius 2 is 1.91 bits per heavy atom. The highest BCUT2D eigenvalue weighted by molar-refractivity contribution is 7.16. The Morgan fingerprint density at radius 1 is 1.17 bits per heavy atom. The molecular weight excluding hydrogens is 321 g/mol. The molecular formula is C16H10FNO4S. The van der Waals surface area contributed by atoms with Crippen molar-refractivity contribution in [3.05, 3.63) is 69.1 Å².